The van der Waals surface area contributed by atoms with Crippen LogP contribution in [-0.4, -0.2) is 0 Å². The Labute approximate surface area is 129 Å². The highest BCUT2D eigenvalue weighted by Gasteiger charge is 2.14. The first-order valence-electron chi connectivity index (χ1n) is 7.55. The van der Waals surface area contributed by atoms with Gasteiger partial charge in [0.1, 0.15) is 0 Å². The molecule has 2 aliphatic carbocycles. The Bertz CT molecular complexity index is 1100. The molecule has 0 heterocycles. The number of hydrogen-bond donors (Lipinski definition) is 0. The summed E-state index contributed by atoms with van der Waals surface area (Å²) < 4.78 is 0. The van der Waals surface area contributed by atoms with E-state index in [2.05, 4.69) is 85.0 Å². The Balaban J connectivity index is 1.78. The standard InChI is InChI=1S/C22H13/c1-2-9-19-15(5-1)6-4-10-20(19)21-12-11-18-13-16-7-3-8-17(16)14-22(18)21/h1-10,12-14H. The van der Waals surface area contributed by atoms with Gasteiger partial charge in [-0.2, -0.15) is 0 Å². The lowest BCUT2D eigenvalue weighted by molar-refractivity contribution is 1.48. The summed E-state index contributed by atoms with van der Waals surface area (Å²) in [6.45, 7) is 0. The lowest BCUT2D eigenvalue weighted by Crippen LogP contribution is -2.14. The molecular weight excluding hydrogens is 264 g/mol. The van der Waals surface area contributed by atoms with Gasteiger partial charge in [-0.25, -0.2) is 0 Å². The van der Waals surface area contributed by atoms with E-state index in [4.69, 9.17) is 0 Å². The fourth-order valence-corrected chi connectivity index (χ4v) is 3.43. The maximum Gasteiger partial charge on any atom is -0.00921 e. The van der Waals surface area contributed by atoms with E-state index in [1.54, 1.807) is 0 Å². The molecule has 0 heteroatoms. The third-order valence-corrected chi connectivity index (χ3v) is 4.52. The molecule has 0 bridgehead atoms. The van der Waals surface area contributed by atoms with Crippen molar-refractivity contribution in [2.45, 2.75) is 0 Å². The van der Waals surface area contributed by atoms with Crippen LogP contribution in [0.4, 0.5) is 0 Å². The molecule has 0 N–H and O–H groups in total. The first-order valence-corrected chi connectivity index (χ1v) is 7.55. The molecule has 5 rings (SSSR count). The molecule has 0 spiro atoms. The van der Waals surface area contributed by atoms with E-state index >= 15 is 0 Å². The number of allylic oxidation sites excluding steroid dienone is 2. The molecule has 0 saturated carbocycles. The van der Waals surface area contributed by atoms with Gasteiger partial charge in [0.05, 0.1) is 0 Å². The smallest absolute Gasteiger partial charge is 0.00921 e. The highest BCUT2D eigenvalue weighted by molar-refractivity contribution is 6.00. The van der Waals surface area contributed by atoms with Crippen LogP contribution in [0.3, 0.4) is 0 Å². The number of hydrogen-bond acceptors (Lipinski definition) is 0. The van der Waals surface area contributed by atoms with Gasteiger partial charge in [0.25, 0.3) is 0 Å². The van der Waals surface area contributed by atoms with Crippen LogP contribution >= 0.6 is 0 Å². The quantitative estimate of drug-likeness (QED) is 0.635. The maximum atomic E-state index is 3.43. The highest BCUT2D eigenvalue weighted by atomic mass is 14.2. The molecule has 0 unspecified atom stereocenters. The Morgan fingerprint density at radius 3 is 2.73 bits per heavy atom. The first-order chi connectivity index (χ1) is 10.9. The summed E-state index contributed by atoms with van der Waals surface area (Å²) in [6, 6.07) is 19.6. The second-order valence-electron chi connectivity index (χ2n) is 5.78. The summed E-state index contributed by atoms with van der Waals surface area (Å²) >= 11 is 0. The van der Waals surface area contributed by atoms with E-state index in [1.165, 1.54) is 43.5 Å². The summed E-state index contributed by atoms with van der Waals surface area (Å²) in [5.74, 6) is 0. The van der Waals surface area contributed by atoms with Gasteiger partial charge in [-0.1, -0.05) is 60.7 Å². The van der Waals surface area contributed by atoms with E-state index in [-0.39, 0.29) is 0 Å². The van der Waals surface area contributed by atoms with Crippen LogP contribution in [-0.2, 0) is 0 Å². The first kappa shape index (κ1) is 11.8. The summed E-state index contributed by atoms with van der Waals surface area (Å²) in [7, 11) is 0. The Morgan fingerprint density at radius 1 is 0.818 bits per heavy atom. The van der Waals surface area contributed by atoms with E-state index < -0.39 is 0 Å². The molecule has 1 radical (unpaired) electrons. The Kier molecular flexibility index (Phi) is 2.31. The monoisotopic (exact) mass is 277 g/mol. The SMILES string of the molecule is [C]1=c2cc3c(cc2C(c2cccc4ccccc24)=C1)=CC=C3. The molecule has 0 aromatic heterocycles. The second kappa shape index (κ2) is 4.32. The summed E-state index contributed by atoms with van der Waals surface area (Å²) in [6.07, 6.45) is 12.0. The maximum absolute atomic E-state index is 3.43. The lowest BCUT2D eigenvalue weighted by Gasteiger charge is -2.10. The van der Waals surface area contributed by atoms with Gasteiger partial charge in [0.2, 0.25) is 0 Å². The third-order valence-electron chi connectivity index (χ3n) is 4.52. The largest absolute Gasteiger partial charge is 0.0616 e. The predicted molar refractivity (Wildman–Crippen MR) is 93.6 cm³/mol. The van der Waals surface area contributed by atoms with Gasteiger partial charge in [0.15, 0.2) is 0 Å². The van der Waals surface area contributed by atoms with Crippen molar-refractivity contribution in [2.75, 3.05) is 0 Å². The summed E-state index contributed by atoms with van der Waals surface area (Å²) in [5.41, 5.74) is 5.14. The van der Waals surface area contributed by atoms with Crippen LogP contribution in [0.15, 0.2) is 66.7 Å². The van der Waals surface area contributed by atoms with Gasteiger partial charge in [0, 0.05) is 0 Å². The van der Waals surface area contributed by atoms with Crippen LogP contribution in [0.25, 0.3) is 34.6 Å². The zero-order valence-corrected chi connectivity index (χ0v) is 12.0. The van der Waals surface area contributed by atoms with Crippen molar-refractivity contribution in [2.24, 2.45) is 0 Å². The second-order valence-corrected chi connectivity index (χ2v) is 5.78. The van der Waals surface area contributed by atoms with Crippen molar-refractivity contribution < 1.29 is 0 Å². The Morgan fingerprint density at radius 2 is 1.73 bits per heavy atom. The topological polar surface area (TPSA) is 0 Å². The fraction of sp³-hybridized carbons (Fsp3) is 0. The van der Waals surface area contributed by atoms with Gasteiger partial charge >= 0.3 is 0 Å². The summed E-state index contributed by atoms with van der Waals surface area (Å²) in [5, 5.41) is 5.08. The van der Waals surface area contributed by atoms with Crippen molar-refractivity contribution in [3.63, 3.8) is 0 Å². The van der Waals surface area contributed by atoms with Crippen molar-refractivity contribution >= 4 is 34.6 Å². The minimum Gasteiger partial charge on any atom is -0.0616 e. The molecule has 3 aromatic carbocycles. The molecule has 0 nitrogen and oxygen atoms in total. The average Bonchev–Trinajstić information content (AvgIpc) is 3.18. The Hall–Kier alpha value is -2.86. The van der Waals surface area contributed by atoms with Crippen molar-refractivity contribution in [3.8, 4) is 0 Å². The highest BCUT2D eigenvalue weighted by Crippen LogP contribution is 2.30. The van der Waals surface area contributed by atoms with Crippen LogP contribution in [0.5, 0.6) is 0 Å². The van der Waals surface area contributed by atoms with Crippen LogP contribution in [0.1, 0.15) is 16.7 Å². The predicted octanol–water partition coefficient (Wildman–Crippen LogP) is 3.75. The van der Waals surface area contributed by atoms with Crippen molar-refractivity contribution in [3.05, 3.63) is 93.9 Å². The van der Waals surface area contributed by atoms with Crippen LogP contribution in [0, 0.1) is 0 Å². The van der Waals surface area contributed by atoms with E-state index in [1.807, 2.05) is 0 Å². The summed E-state index contributed by atoms with van der Waals surface area (Å²) in [4.78, 5) is 0. The van der Waals surface area contributed by atoms with Crippen LogP contribution in [0.2, 0.25) is 0 Å². The molecular formula is C22H13. The molecule has 2 aliphatic rings. The van der Waals surface area contributed by atoms with E-state index in [0.717, 1.165) is 0 Å². The molecule has 0 saturated heterocycles. The van der Waals surface area contributed by atoms with Crippen molar-refractivity contribution in [1.29, 1.82) is 0 Å². The number of benzene rings is 3. The van der Waals surface area contributed by atoms with Crippen LogP contribution < -0.4 is 10.4 Å². The normalized spacial score (nSPS) is 14.3. The zero-order chi connectivity index (χ0) is 14.5. The average molecular weight is 277 g/mol. The number of rotatable bonds is 1. The van der Waals surface area contributed by atoms with Gasteiger partial charge in [-0.05, 0) is 67.8 Å². The van der Waals surface area contributed by atoms with E-state index in [9.17, 15) is 0 Å². The molecule has 101 valence electrons. The third kappa shape index (κ3) is 1.58. The van der Waals surface area contributed by atoms with Gasteiger partial charge in [-0.15, -0.1) is 0 Å². The molecule has 3 aromatic rings. The van der Waals surface area contributed by atoms with E-state index in [0.29, 0.717) is 0 Å². The minimum atomic E-state index is 1.20. The van der Waals surface area contributed by atoms with Crippen molar-refractivity contribution in [1.82, 2.24) is 0 Å². The molecule has 0 atom stereocenters. The molecule has 0 fully saturated rings. The molecule has 22 heavy (non-hydrogen) atoms. The zero-order valence-electron chi connectivity index (χ0n) is 12.0. The fourth-order valence-electron chi connectivity index (χ4n) is 3.43. The molecule has 0 amide bonds. The number of fused-ring (bicyclic) bond motifs is 3. The molecule has 0 aliphatic heterocycles. The van der Waals surface area contributed by atoms with Gasteiger partial charge < -0.3 is 0 Å². The lowest BCUT2D eigenvalue weighted by atomic mass is 9.93. The minimum absolute atomic E-state index is 1.20. The van der Waals surface area contributed by atoms with Gasteiger partial charge in [-0.3, -0.25) is 0 Å².